The lowest BCUT2D eigenvalue weighted by Crippen LogP contribution is -2.24. The number of carbonyl (C=O) groups is 1. The normalized spacial score (nSPS) is 10.7. The smallest absolute Gasteiger partial charge is 0.230 e. The summed E-state index contributed by atoms with van der Waals surface area (Å²) in [6.45, 7) is 6.69. The molecule has 0 saturated heterocycles. The second-order valence-corrected chi connectivity index (χ2v) is 8.07. The minimum atomic E-state index is -0.0687. The van der Waals surface area contributed by atoms with Crippen molar-refractivity contribution in [2.45, 2.75) is 32.3 Å². The predicted molar refractivity (Wildman–Crippen MR) is 116 cm³/mol. The molecule has 0 saturated carbocycles. The average molecular weight is 412 g/mol. The molecule has 0 atom stereocenters. The largest absolute Gasteiger partial charge is 0.351 e. The number of thioether (sulfide) groups is 1. The number of rotatable bonds is 6. The van der Waals surface area contributed by atoms with E-state index in [2.05, 4.69) is 48.4 Å². The van der Waals surface area contributed by atoms with Crippen LogP contribution in [0, 0.1) is 20.8 Å². The second-order valence-electron chi connectivity index (χ2n) is 6.67. The summed E-state index contributed by atoms with van der Waals surface area (Å²) in [5.41, 5.74) is 6.50. The standard InChI is InChI=1S/C22H22ClN3OS/c1-14-10-16(3)18(11-15(14)2)20-8-9-22(26-25-20)28-13-21(27)24-12-17-6-4-5-7-19(17)23/h4-11H,12-13H2,1-3H3,(H,24,27). The molecule has 1 heterocycles. The van der Waals surface area contributed by atoms with Gasteiger partial charge in [-0.05, 0) is 67.3 Å². The summed E-state index contributed by atoms with van der Waals surface area (Å²) in [6, 6.07) is 15.6. The highest BCUT2D eigenvalue weighted by atomic mass is 35.5. The fraction of sp³-hybridized carbons (Fsp3) is 0.227. The summed E-state index contributed by atoms with van der Waals surface area (Å²) in [5, 5.41) is 12.9. The van der Waals surface area contributed by atoms with Crippen molar-refractivity contribution in [3.8, 4) is 11.3 Å². The van der Waals surface area contributed by atoms with E-state index in [0.717, 1.165) is 21.8 Å². The number of benzene rings is 2. The molecule has 0 bridgehead atoms. The van der Waals surface area contributed by atoms with Crippen LogP contribution in [0.15, 0.2) is 53.6 Å². The molecule has 0 radical (unpaired) electrons. The van der Waals surface area contributed by atoms with E-state index in [-0.39, 0.29) is 11.7 Å². The molecule has 0 spiro atoms. The first kappa shape index (κ1) is 20.4. The molecule has 1 amide bonds. The molecule has 3 aromatic rings. The Bertz CT molecular complexity index is 990. The van der Waals surface area contributed by atoms with Crippen LogP contribution < -0.4 is 5.32 Å². The van der Waals surface area contributed by atoms with Crippen molar-refractivity contribution in [3.05, 3.63) is 75.8 Å². The molecule has 0 aliphatic carbocycles. The number of aryl methyl sites for hydroxylation is 3. The first-order valence-electron chi connectivity index (χ1n) is 8.99. The fourth-order valence-electron chi connectivity index (χ4n) is 2.80. The molecular weight excluding hydrogens is 390 g/mol. The number of amides is 1. The van der Waals surface area contributed by atoms with Crippen molar-refractivity contribution in [1.82, 2.24) is 15.5 Å². The van der Waals surface area contributed by atoms with Gasteiger partial charge in [0.15, 0.2) is 0 Å². The molecule has 144 valence electrons. The van der Waals surface area contributed by atoms with Gasteiger partial charge in [0.25, 0.3) is 0 Å². The van der Waals surface area contributed by atoms with Gasteiger partial charge in [-0.3, -0.25) is 4.79 Å². The third-order valence-electron chi connectivity index (χ3n) is 4.54. The van der Waals surface area contributed by atoms with E-state index in [0.29, 0.717) is 11.6 Å². The number of nitrogens with zero attached hydrogens (tertiary/aromatic N) is 2. The molecule has 6 heteroatoms. The minimum Gasteiger partial charge on any atom is -0.351 e. The maximum atomic E-state index is 12.1. The van der Waals surface area contributed by atoms with Gasteiger partial charge < -0.3 is 5.32 Å². The van der Waals surface area contributed by atoms with Gasteiger partial charge in [0.1, 0.15) is 5.03 Å². The maximum absolute atomic E-state index is 12.1. The third kappa shape index (κ3) is 5.12. The maximum Gasteiger partial charge on any atom is 0.230 e. The molecule has 28 heavy (non-hydrogen) atoms. The Balaban J connectivity index is 1.57. The Hall–Kier alpha value is -2.37. The molecule has 4 nitrogen and oxygen atoms in total. The highest BCUT2D eigenvalue weighted by Crippen LogP contribution is 2.25. The number of hydrogen-bond acceptors (Lipinski definition) is 4. The van der Waals surface area contributed by atoms with E-state index in [1.165, 1.54) is 28.5 Å². The van der Waals surface area contributed by atoms with Gasteiger partial charge >= 0.3 is 0 Å². The first-order valence-corrected chi connectivity index (χ1v) is 10.4. The van der Waals surface area contributed by atoms with Crippen LogP contribution in [-0.2, 0) is 11.3 Å². The van der Waals surface area contributed by atoms with E-state index in [9.17, 15) is 4.79 Å². The molecule has 0 aliphatic rings. The monoisotopic (exact) mass is 411 g/mol. The molecule has 0 unspecified atom stereocenters. The van der Waals surface area contributed by atoms with Gasteiger partial charge in [-0.1, -0.05) is 47.6 Å². The lowest BCUT2D eigenvalue weighted by molar-refractivity contribution is -0.118. The summed E-state index contributed by atoms with van der Waals surface area (Å²) >= 11 is 7.46. The highest BCUT2D eigenvalue weighted by Gasteiger charge is 2.09. The van der Waals surface area contributed by atoms with Crippen molar-refractivity contribution in [1.29, 1.82) is 0 Å². The second kappa shape index (κ2) is 9.22. The third-order valence-corrected chi connectivity index (χ3v) is 5.83. The molecule has 1 aromatic heterocycles. The summed E-state index contributed by atoms with van der Waals surface area (Å²) < 4.78 is 0. The Morgan fingerprint density at radius 3 is 2.46 bits per heavy atom. The zero-order chi connectivity index (χ0) is 20.1. The molecule has 1 N–H and O–H groups in total. The van der Waals surface area contributed by atoms with E-state index in [1.807, 2.05) is 36.4 Å². The lowest BCUT2D eigenvalue weighted by atomic mass is 9.99. The van der Waals surface area contributed by atoms with Gasteiger partial charge in [-0.15, -0.1) is 10.2 Å². The van der Waals surface area contributed by atoms with Gasteiger partial charge in [-0.2, -0.15) is 0 Å². The van der Waals surface area contributed by atoms with Crippen molar-refractivity contribution < 1.29 is 4.79 Å². The average Bonchev–Trinajstić information content (AvgIpc) is 2.69. The van der Waals surface area contributed by atoms with Crippen LogP contribution in [0.5, 0.6) is 0 Å². The number of halogens is 1. The van der Waals surface area contributed by atoms with Crippen LogP contribution in [0.1, 0.15) is 22.3 Å². The van der Waals surface area contributed by atoms with Gasteiger partial charge in [-0.25, -0.2) is 0 Å². The Morgan fingerprint density at radius 2 is 1.75 bits per heavy atom. The highest BCUT2D eigenvalue weighted by molar-refractivity contribution is 7.99. The van der Waals surface area contributed by atoms with Crippen molar-refractivity contribution in [2.24, 2.45) is 0 Å². The van der Waals surface area contributed by atoms with Crippen LogP contribution in [-0.4, -0.2) is 21.9 Å². The summed E-state index contributed by atoms with van der Waals surface area (Å²) in [4.78, 5) is 12.1. The van der Waals surface area contributed by atoms with E-state index in [1.54, 1.807) is 0 Å². The summed E-state index contributed by atoms with van der Waals surface area (Å²) in [5.74, 6) is 0.210. The van der Waals surface area contributed by atoms with Crippen molar-refractivity contribution in [3.63, 3.8) is 0 Å². The van der Waals surface area contributed by atoms with Crippen LogP contribution in [0.25, 0.3) is 11.3 Å². The zero-order valence-electron chi connectivity index (χ0n) is 16.1. The topological polar surface area (TPSA) is 54.9 Å². The predicted octanol–water partition coefficient (Wildman–Crippen LogP) is 5.13. The van der Waals surface area contributed by atoms with Crippen LogP contribution >= 0.6 is 23.4 Å². The quantitative estimate of drug-likeness (QED) is 0.571. The van der Waals surface area contributed by atoms with Crippen molar-refractivity contribution in [2.75, 3.05) is 5.75 Å². The van der Waals surface area contributed by atoms with Crippen LogP contribution in [0.2, 0.25) is 5.02 Å². The number of aromatic nitrogens is 2. The van der Waals surface area contributed by atoms with Gasteiger partial charge in [0.05, 0.1) is 11.4 Å². The van der Waals surface area contributed by atoms with Crippen molar-refractivity contribution >= 4 is 29.3 Å². The van der Waals surface area contributed by atoms with E-state index < -0.39 is 0 Å². The summed E-state index contributed by atoms with van der Waals surface area (Å²) in [6.07, 6.45) is 0. The molecule has 3 rings (SSSR count). The minimum absolute atomic E-state index is 0.0687. The number of nitrogens with one attached hydrogen (secondary N) is 1. The Morgan fingerprint density at radius 1 is 1.00 bits per heavy atom. The summed E-state index contributed by atoms with van der Waals surface area (Å²) in [7, 11) is 0. The van der Waals surface area contributed by atoms with Gasteiger partial charge in [0, 0.05) is 17.1 Å². The zero-order valence-corrected chi connectivity index (χ0v) is 17.7. The molecule has 2 aromatic carbocycles. The first-order chi connectivity index (χ1) is 13.4. The Kier molecular flexibility index (Phi) is 6.70. The molecular formula is C22H22ClN3OS. The van der Waals surface area contributed by atoms with E-state index in [4.69, 9.17) is 11.6 Å². The number of carbonyl (C=O) groups excluding carboxylic acids is 1. The lowest BCUT2D eigenvalue weighted by Gasteiger charge is -2.09. The SMILES string of the molecule is Cc1cc(C)c(-c2ccc(SCC(=O)NCc3ccccc3Cl)nn2)cc1C. The number of hydrogen-bond donors (Lipinski definition) is 1. The van der Waals surface area contributed by atoms with Crippen LogP contribution in [0.3, 0.4) is 0 Å². The Labute approximate surface area is 174 Å². The van der Waals surface area contributed by atoms with Gasteiger partial charge in [0.2, 0.25) is 5.91 Å². The van der Waals surface area contributed by atoms with E-state index >= 15 is 0 Å². The molecule has 0 aliphatic heterocycles. The van der Waals surface area contributed by atoms with Crippen LogP contribution in [0.4, 0.5) is 0 Å². The fourth-order valence-corrected chi connectivity index (χ4v) is 3.65. The molecule has 0 fully saturated rings.